The van der Waals surface area contributed by atoms with Crippen LogP contribution in [0.5, 0.6) is 0 Å². The molecular formula is C13H11FN4O. The lowest BCUT2D eigenvalue weighted by Crippen LogP contribution is -2.26. The summed E-state index contributed by atoms with van der Waals surface area (Å²) in [5, 5.41) is 15.0. The van der Waals surface area contributed by atoms with Crippen LogP contribution in [0.3, 0.4) is 0 Å². The summed E-state index contributed by atoms with van der Waals surface area (Å²) in [6.07, 6.45) is 2.88. The number of halogens is 1. The molecule has 0 bridgehead atoms. The standard InChI is InChI=1S/C13H11FN4O/c1-18(13(19)11-6-16-17-7-11)8-10-4-9(5-15)2-3-12(10)14/h2-4,6-7H,8H2,1H3,(H,16,17). The molecule has 6 heteroatoms. The molecule has 0 aliphatic rings. The van der Waals surface area contributed by atoms with E-state index in [1.807, 2.05) is 6.07 Å². The molecule has 2 aromatic rings. The molecule has 0 radical (unpaired) electrons. The first-order valence-corrected chi connectivity index (χ1v) is 5.54. The zero-order chi connectivity index (χ0) is 13.8. The lowest BCUT2D eigenvalue weighted by atomic mass is 10.1. The van der Waals surface area contributed by atoms with Gasteiger partial charge in [-0.05, 0) is 18.2 Å². The number of hydrogen-bond donors (Lipinski definition) is 1. The van der Waals surface area contributed by atoms with Crippen LogP contribution in [0.4, 0.5) is 4.39 Å². The van der Waals surface area contributed by atoms with E-state index >= 15 is 0 Å². The van der Waals surface area contributed by atoms with E-state index in [1.54, 1.807) is 7.05 Å². The molecule has 1 N–H and O–H groups in total. The monoisotopic (exact) mass is 258 g/mol. The Morgan fingerprint density at radius 1 is 1.58 bits per heavy atom. The molecule has 0 unspecified atom stereocenters. The van der Waals surface area contributed by atoms with Gasteiger partial charge < -0.3 is 4.90 Å². The maximum Gasteiger partial charge on any atom is 0.257 e. The van der Waals surface area contributed by atoms with Crippen LogP contribution < -0.4 is 0 Å². The molecule has 19 heavy (non-hydrogen) atoms. The Bertz CT molecular complexity index is 631. The second kappa shape index (κ2) is 5.31. The number of aromatic amines is 1. The van der Waals surface area contributed by atoms with Crippen LogP contribution >= 0.6 is 0 Å². The third-order valence-corrected chi connectivity index (χ3v) is 2.67. The van der Waals surface area contributed by atoms with Crippen LogP contribution in [-0.2, 0) is 6.54 Å². The van der Waals surface area contributed by atoms with Crippen molar-refractivity contribution in [3.8, 4) is 6.07 Å². The first kappa shape index (κ1) is 12.8. The molecule has 1 aromatic heterocycles. The van der Waals surface area contributed by atoms with Crippen LogP contribution in [0, 0.1) is 17.1 Å². The van der Waals surface area contributed by atoms with Gasteiger partial charge in [0.25, 0.3) is 5.91 Å². The van der Waals surface area contributed by atoms with Gasteiger partial charge in [0.05, 0.1) is 23.4 Å². The van der Waals surface area contributed by atoms with Crippen LogP contribution in [0.1, 0.15) is 21.5 Å². The van der Waals surface area contributed by atoms with Crippen molar-refractivity contribution in [1.82, 2.24) is 15.1 Å². The Balaban J connectivity index is 2.17. The molecule has 96 valence electrons. The molecule has 0 aliphatic carbocycles. The highest BCUT2D eigenvalue weighted by molar-refractivity contribution is 5.93. The highest BCUT2D eigenvalue weighted by atomic mass is 19.1. The molecular weight excluding hydrogens is 247 g/mol. The minimum absolute atomic E-state index is 0.0887. The van der Waals surface area contributed by atoms with Gasteiger partial charge in [-0.15, -0.1) is 0 Å². The van der Waals surface area contributed by atoms with Crippen LogP contribution in [-0.4, -0.2) is 28.1 Å². The Kier molecular flexibility index (Phi) is 3.57. The lowest BCUT2D eigenvalue weighted by Gasteiger charge is -2.16. The summed E-state index contributed by atoms with van der Waals surface area (Å²) >= 11 is 0. The molecule has 0 aliphatic heterocycles. The van der Waals surface area contributed by atoms with Crippen molar-refractivity contribution in [3.05, 3.63) is 53.1 Å². The number of nitrogens with zero attached hydrogens (tertiary/aromatic N) is 3. The molecule has 1 aromatic carbocycles. The van der Waals surface area contributed by atoms with Gasteiger partial charge in [-0.2, -0.15) is 10.4 Å². The van der Waals surface area contributed by atoms with Gasteiger partial charge in [-0.1, -0.05) is 0 Å². The topological polar surface area (TPSA) is 72.8 Å². The number of nitrogens with one attached hydrogen (secondary N) is 1. The van der Waals surface area contributed by atoms with Gasteiger partial charge in [-0.3, -0.25) is 9.89 Å². The molecule has 0 saturated carbocycles. The zero-order valence-electron chi connectivity index (χ0n) is 10.2. The first-order chi connectivity index (χ1) is 9.11. The number of benzene rings is 1. The molecule has 5 nitrogen and oxygen atoms in total. The summed E-state index contributed by atoms with van der Waals surface area (Å²) < 4.78 is 13.6. The number of carbonyl (C=O) groups excluding carboxylic acids is 1. The summed E-state index contributed by atoms with van der Waals surface area (Å²) in [7, 11) is 1.56. The van der Waals surface area contributed by atoms with Crippen molar-refractivity contribution < 1.29 is 9.18 Å². The Hall–Kier alpha value is -2.68. The van der Waals surface area contributed by atoms with E-state index in [1.165, 1.54) is 35.5 Å². The molecule has 0 spiro atoms. The maximum absolute atomic E-state index is 13.6. The summed E-state index contributed by atoms with van der Waals surface area (Å²) in [5.41, 5.74) is 1.07. The average Bonchev–Trinajstić information content (AvgIpc) is 2.94. The normalized spacial score (nSPS) is 9.95. The van der Waals surface area contributed by atoms with Gasteiger partial charge in [0.1, 0.15) is 5.82 Å². The highest BCUT2D eigenvalue weighted by Crippen LogP contribution is 2.13. The van der Waals surface area contributed by atoms with Crippen molar-refractivity contribution in [3.63, 3.8) is 0 Å². The summed E-state index contributed by atoms with van der Waals surface area (Å²) in [6.45, 7) is 0.0887. The van der Waals surface area contributed by atoms with E-state index in [0.29, 0.717) is 16.7 Å². The zero-order valence-corrected chi connectivity index (χ0v) is 10.2. The number of H-pyrrole nitrogens is 1. The Morgan fingerprint density at radius 2 is 2.37 bits per heavy atom. The fourth-order valence-corrected chi connectivity index (χ4v) is 1.68. The van der Waals surface area contributed by atoms with E-state index in [4.69, 9.17) is 5.26 Å². The number of amides is 1. The van der Waals surface area contributed by atoms with Gasteiger partial charge in [-0.25, -0.2) is 4.39 Å². The molecule has 0 fully saturated rings. The number of hydrogen-bond acceptors (Lipinski definition) is 3. The second-order valence-corrected chi connectivity index (χ2v) is 4.07. The van der Waals surface area contributed by atoms with E-state index in [2.05, 4.69) is 10.2 Å². The third-order valence-electron chi connectivity index (χ3n) is 2.67. The van der Waals surface area contributed by atoms with Gasteiger partial charge in [0, 0.05) is 25.4 Å². The molecule has 1 amide bonds. The van der Waals surface area contributed by atoms with E-state index < -0.39 is 5.82 Å². The number of rotatable bonds is 3. The minimum Gasteiger partial charge on any atom is -0.337 e. The van der Waals surface area contributed by atoms with Crippen molar-refractivity contribution >= 4 is 5.91 Å². The molecule has 2 rings (SSSR count). The van der Waals surface area contributed by atoms with Crippen molar-refractivity contribution in [1.29, 1.82) is 5.26 Å². The minimum atomic E-state index is -0.439. The predicted octanol–water partition coefficient (Wildman–Crippen LogP) is 1.69. The smallest absolute Gasteiger partial charge is 0.257 e. The van der Waals surface area contributed by atoms with Gasteiger partial charge in [0.15, 0.2) is 0 Å². The highest BCUT2D eigenvalue weighted by Gasteiger charge is 2.15. The summed E-state index contributed by atoms with van der Waals surface area (Å²) in [6, 6.07) is 6.00. The molecule has 0 saturated heterocycles. The fourth-order valence-electron chi connectivity index (χ4n) is 1.68. The number of aromatic nitrogens is 2. The van der Waals surface area contributed by atoms with Gasteiger partial charge >= 0.3 is 0 Å². The van der Waals surface area contributed by atoms with Crippen LogP contribution in [0.15, 0.2) is 30.6 Å². The quantitative estimate of drug-likeness (QED) is 0.910. The first-order valence-electron chi connectivity index (χ1n) is 5.54. The van der Waals surface area contributed by atoms with Crippen LogP contribution in [0.2, 0.25) is 0 Å². The second-order valence-electron chi connectivity index (χ2n) is 4.07. The summed E-state index contributed by atoms with van der Waals surface area (Å²) in [4.78, 5) is 13.3. The SMILES string of the molecule is CN(Cc1cc(C#N)ccc1F)C(=O)c1cn[nH]c1. The predicted molar refractivity (Wildman–Crippen MR) is 65.5 cm³/mol. The third kappa shape index (κ3) is 2.77. The number of carbonyl (C=O) groups is 1. The van der Waals surface area contributed by atoms with Crippen molar-refractivity contribution in [2.24, 2.45) is 0 Å². The average molecular weight is 258 g/mol. The van der Waals surface area contributed by atoms with E-state index in [9.17, 15) is 9.18 Å². The van der Waals surface area contributed by atoms with Gasteiger partial charge in [0.2, 0.25) is 0 Å². The van der Waals surface area contributed by atoms with Crippen molar-refractivity contribution in [2.75, 3.05) is 7.05 Å². The molecule has 0 atom stereocenters. The Morgan fingerprint density at radius 3 is 3.00 bits per heavy atom. The van der Waals surface area contributed by atoms with E-state index in [-0.39, 0.29) is 12.5 Å². The summed E-state index contributed by atoms with van der Waals surface area (Å²) in [5.74, 6) is -0.707. The Labute approximate surface area is 109 Å². The van der Waals surface area contributed by atoms with E-state index in [0.717, 1.165) is 0 Å². The maximum atomic E-state index is 13.6. The van der Waals surface area contributed by atoms with Crippen molar-refractivity contribution in [2.45, 2.75) is 6.54 Å². The largest absolute Gasteiger partial charge is 0.337 e. The number of nitriles is 1. The molecule has 1 heterocycles. The lowest BCUT2D eigenvalue weighted by molar-refractivity contribution is 0.0784. The van der Waals surface area contributed by atoms with Crippen LogP contribution in [0.25, 0.3) is 0 Å². The fraction of sp³-hybridized carbons (Fsp3) is 0.154.